The summed E-state index contributed by atoms with van der Waals surface area (Å²) in [7, 11) is 0. The average molecular weight is 234 g/mol. The van der Waals surface area contributed by atoms with Crippen LogP contribution in [0.25, 0.3) is 11.3 Å². The summed E-state index contributed by atoms with van der Waals surface area (Å²) in [5.74, 6) is -1.06. The van der Waals surface area contributed by atoms with Crippen LogP contribution in [0.15, 0.2) is 36.5 Å². The Balaban J connectivity index is 2.68. The van der Waals surface area contributed by atoms with E-state index in [-0.39, 0.29) is 0 Å². The van der Waals surface area contributed by atoms with Crippen LogP contribution >= 0.6 is 0 Å². The molecule has 0 aliphatic rings. The Labute approximate surface area is 99.3 Å². The first-order chi connectivity index (χ1) is 8.13. The molecular weight excluding hydrogens is 220 g/mol. The number of benzene rings is 1. The topological polar surface area (TPSA) is 3.88 Å². The summed E-state index contributed by atoms with van der Waals surface area (Å²) in [6, 6.07) is 7.86. The van der Waals surface area contributed by atoms with Crippen LogP contribution in [0.4, 0.5) is 8.78 Å². The van der Waals surface area contributed by atoms with Gasteiger partial charge in [-0.05, 0) is 31.5 Å². The maximum atomic E-state index is 13.9. The van der Waals surface area contributed by atoms with E-state index >= 15 is 0 Å². The zero-order valence-electron chi connectivity index (χ0n) is 9.87. The van der Waals surface area contributed by atoms with E-state index in [4.69, 9.17) is 0 Å². The van der Waals surface area contributed by atoms with E-state index in [0.717, 1.165) is 18.3 Å². The molecule has 0 aliphatic carbocycles. The van der Waals surface area contributed by atoms with E-state index in [9.17, 15) is 8.78 Å². The molecule has 0 aliphatic heterocycles. The fraction of sp³-hybridized carbons (Fsp3) is 0.214. The van der Waals surface area contributed by atoms with Crippen molar-refractivity contribution >= 4 is 0 Å². The second-order valence-electron chi connectivity index (χ2n) is 3.95. The van der Waals surface area contributed by atoms with Crippen LogP contribution in [0.3, 0.4) is 0 Å². The highest BCUT2D eigenvalue weighted by Gasteiger charge is 2.18. The largest absolute Gasteiger partial charge is 0.215 e. The fourth-order valence-electron chi connectivity index (χ4n) is 2.01. The lowest BCUT2D eigenvalue weighted by atomic mass is 10.0. The Morgan fingerprint density at radius 1 is 1.18 bits per heavy atom. The van der Waals surface area contributed by atoms with Gasteiger partial charge < -0.3 is 0 Å². The van der Waals surface area contributed by atoms with Crippen molar-refractivity contribution in [2.45, 2.75) is 20.4 Å². The van der Waals surface area contributed by atoms with Crippen LogP contribution in [0.1, 0.15) is 12.5 Å². The van der Waals surface area contributed by atoms with Gasteiger partial charge in [0.25, 0.3) is 0 Å². The summed E-state index contributed by atoms with van der Waals surface area (Å²) in [5.41, 5.74) is 1.84. The van der Waals surface area contributed by atoms with Crippen LogP contribution in [0, 0.1) is 18.6 Å². The number of aromatic nitrogens is 1. The molecule has 0 unspecified atom stereocenters. The quantitative estimate of drug-likeness (QED) is 0.702. The van der Waals surface area contributed by atoms with Gasteiger partial charge in [0.1, 0.15) is 18.2 Å². The average Bonchev–Trinajstić information content (AvgIpc) is 2.28. The van der Waals surface area contributed by atoms with E-state index in [1.165, 1.54) is 6.07 Å². The van der Waals surface area contributed by atoms with Gasteiger partial charge in [-0.2, -0.15) is 4.57 Å². The third kappa shape index (κ3) is 2.18. The second kappa shape index (κ2) is 4.62. The van der Waals surface area contributed by atoms with E-state index < -0.39 is 11.6 Å². The number of halogens is 2. The zero-order chi connectivity index (χ0) is 12.4. The van der Waals surface area contributed by atoms with Crippen LogP contribution in [0.2, 0.25) is 0 Å². The molecule has 1 heterocycles. The lowest BCUT2D eigenvalue weighted by molar-refractivity contribution is -0.682. The molecule has 0 N–H and O–H groups in total. The van der Waals surface area contributed by atoms with Crippen molar-refractivity contribution in [3.63, 3.8) is 0 Å². The van der Waals surface area contributed by atoms with Crippen molar-refractivity contribution in [1.82, 2.24) is 0 Å². The Bertz CT molecular complexity index is 527. The van der Waals surface area contributed by atoms with Crippen LogP contribution in [-0.2, 0) is 6.54 Å². The summed E-state index contributed by atoms with van der Waals surface area (Å²) in [6.45, 7) is 4.45. The minimum absolute atomic E-state index is 0.467. The van der Waals surface area contributed by atoms with Gasteiger partial charge in [0.05, 0.1) is 5.56 Å². The van der Waals surface area contributed by atoms with Crippen molar-refractivity contribution in [3.8, 4) is 11.3 Å². The molecule has 1 aromatic carbocycles. The Morgan fingerprint density at radius 2 is 1.94 bits per heavy atom. The van der Waals surface area contributed by atoms with Gasteiger partial charge in [0.15, 0.2) is 6.20 Å². The normalized spacial score (nSPS) is 10.6. The van der Waals surface area contributed by atoms with Crippen molar-refractivity contribution in [2.75, 3.05) is 0 Å². The van der Waals surface area contributed by atoms with Gasteiger partial charge in [-0.3, -0.25) is 0 Å². The molecule has 2 rings (SSSR count). The maximum Gasteiger partial charge on any atom is 0.215 e. The molecule has 0 saturated carbocycles. The summed E-state index contributed by atoms with van der Waals surface area (Å²) < 4.78 is 28.9. The molecule has 17 heavy (non-hydrogen) atoms. The van der Waals surface area contributed by atoms with Gasteiger partial charge in [-0.1, -0.05) is 0 Å². The van der Waals surface area contributed by atoms with Crippen molar-refractivity contribution in [2.24, 2.45) is 0 Å². The minimum Gasteiger partial charge on any atom is -0.207 e. The molecule has 0 bridgehead atoms. The predicted molar refractivity (Wildman–Crippen MR) is 62.4 cm³/mol. The highest BCUT2D eigenvalue weighted by molar-refractivity contribution is 5.61. The molecule has 1 aromatic heterocycles. The van der Waals surface area contributed by atoms with Gasteiger partial charge in [0.2, 0.25) is 5.69 Å². The first kappa shape index (κ1) is 11.7. The number of aryl methyl sites for hydroxylation is 2. The summed E-state index contributed by atoms with van der Waals surface area (Å²) in [4.78, 5) is 0. The highest BCUT2D eigenvalue weighted by atomic mass is 19.1. The summed E-state index contributed by atoms with van der Waals surface area (Å²) in [6.07, 6.45) is 1.89. The first-order valence-corrected chi connectivity index (χ1v) is 5.58. The summed E-state index contributed by atoms with van der Waals surface area (Å²) in [5, 5.41) is 0. The maximum absolute atomic E-state index is 13.9. The zero-order valence-corrected chi connectivity index (χ0v) is 9.87. The van der Waals surface area contributed by atoms with E-state index in [0.29, 0.717) is 11.1 Å². The van der Waals surface area contributed by atoms with E-state index in [2.05, 4.69) is 0 Å². The first-order valence-electron chi connectivity index (χ1n) is 5.58. The lowest BCUT2D eigenvalue weighted by Gasteiger charge is -2.07. The van der Waals surface area contributed by atoms with Crippen LogP contribution < -0.4 is 4.57 Å². The van der Waals surface area contributed by atoms with Crippen LogP contribution in [-0.4, -0.2) is 0 Å². The Kier molecular flexibility index (Phi) is 3.18. The molecule has 3 heteroatoms. The third-order valence-electron chi connectivity index (χ3n) is 2.79. The highest BCUT2D eigenvalue weighted by Crippen LogP contribution is 2.24. The van der Waals surface area contributed by atoms with Gasteiger partial charge >= 0.3 is 0 Å². The lowest BCUT2D eigenvalue weighted by Crippen LogP contribution is -2.34. The molecule has 88 valence electrons. The molecule has 2 aromatic rings. The molecule has 0 amide bonds. The van der Waals surface area contributed by atoms with Crippen molar-refractivity contribution < 1.29 is 13.3 Å². The molecule has 1 nitrogen and oxygen atoms in total. The number of hydrogen-bond acceptors (Lipinski definition) is 0. The summed E-state index contributed by atoms with van der Waals surface area (Å²) >= 11 is 0. The Morgan fingerprint density at radius 3 is 2.59 bits per heavy atom. The molecule has 0 radical (unpaired) electrons. The van der Waals surface area contributed by atoms with Gasteiger partial charge in [-0.25, -0.2) is 8.78 Å². The number of nitrogens with zero attached hydrogens (tertiary/aromatic N) is 1. The van der Waals surface area contributed by atoms with E-state index in [1.807, 2.05) is 35.9 Å². The fourth-order valence-corrected chi connectivity index (χ4v) is 2.01. The standard InChI is InChI=1S/C14H14F2N/c1-3-17-7-5-4-6-13(17)14-10(2)8-11(15)9-12(14)16/h4-9H,3H2,1-2H3/q+1. The van der Waals surface area contributed by atoms with E-state index in [1.54, 1.807) is 6.92 Å². The smallest absolute Gasteiger partial charge is 0.207 e. The molecule has 0 fully saturated rings. The SMILES string of the molecule is CC[n+]1ccccc1-c1c(C)cc(F)cc1F. The number of hydrogen-bond donors (Lipinski definition) is 0. The minimum atomic E-state index is -0.539. The molecule has 0 spiro atoms. The van der Waals surface area contributed by atoms with Crippen LogP contribution in [0.5, 0.6) is 0 Å². The predicted octanol–water partition coefficient (Wildman–Crippen LogP) is 3.25. The second-order valence-corrected chi connectivity index (χ2v) is 3.95. The monoisotopic (exact) mass is 234 g/mol. The molecule has 0 saturated heterocycles. The Hall–Kier alpha value is -1.77. The number of rotatable bonds is 2. The van der Waals surface area contributed by atoms with Crippen molar-refractivity contribution in [1.29, 1.82) is 0 Å². The number of pyridine rings is 1. The van der Waals surface area contributed by atoms with Gasteiger partial charge in [0, 0.05) is 18.2 Å². The molecule has 0 atom stereocenters. The third-order valence-corrected chi connectivity index (χ3v) is 2.79. The molecular formula is C14H14F2N+. The van der Waals surface area contributed by atoms with Gasteiger partial charge in [-0.15, -0.1) is 0 Å². The van der Waals surface area contributed by atoms with Crippen molar-refractivity contribution in [3.05, 3.63) is 53.7 Å².